The van der Waals surface area contributed by atoms with Gasteiger partial charge in [-0.25, -0.2) is 0 Å². The molecule has 0 saturated carbocycles. The van der Waals surface area contributed by atoms with Gasteiger partial charge in [0.1, 0.15) is 0 Å². The van der Waals surface area contributed by atoms with Gasteiger partial charge < -0.3 is 24.8 Å². The lowest BCUT2D eigenvalue weighted by Gasteiger charge is -2.30. The summed E-state index contributed by atoms with van der Waals surface area (Å²) < 4.78 is 16.8. The van der Waals surface area contributed by atoms with Crippen molar-refractivity contribution in [3.63, 3.8) is 0 Å². The number of fused-ring (bicyclic) bond motifs is 1. The third-order valence-corrected chi connectivity index (χ3v) is 6.85. The van der Waals surface area contributed by atoms with E-state index in [1.165, 1.54) is 5.56 Å². The highest BCUT2D eigenvalue weighted by molar-refractivity contribution is 6.01. The van der Waals surface area contributed by atoms with E-state index in [1.807, 2.05) is 30.3 Å². The Morgan fingerprint density at radius 2 is 1.51 bits per heavy atom. The fourth-order valence-corrected chi connectivity index (χ4v) is 5.14. The molecule has 3 aromatic rings. The van der Waals surface area contributed by atoms with Crippen LogP contribution in [0.15, 0.2) is 71.9 Å². The smallest absolute Gasteiger partial charge is 0.203 e. The Morgan fingerprint density at radius 1 is 0.800 bits per heavy atom. The van der Waals surface area contributed by atoms with Crippen molar-refractivity contribution in [2.45, 2.75) is 31.7 Å². The highest BCUT2D eigenvalue weighted by Gasteiger charge is 2.36. The number of hydrogen-bond acceptors (Lipinski definition) is 6. The molecular formula is C29H30N2O4. The summed E-state index contributed by atoms with van der Waals surface area (Å²) in [6, 6.07) is 20.0. The maximum Gasteiger partial charge on any atom is 0.203 e. The Labute approximate surface area is 205 Å². The fraction of sp³-hybridized carbons (Fsp3) is 0.276. The van der Waals surface area contributed by atoms with Crippen LogP contribution in [0.3, 0.4) is 0 Å². The first kappa shape index (κ1) is 22.8. The Bertz CT molecular complexity index is 1270. The van der Waals surface area contributed by atoms with E-state index in [4.69, 9.17) is 14.2 Å². The summed E-state index contributed by atoms with van der Waals surface area (Å²) in [6.45, 7) is 2.06. The van der Waals surface area contributed by atoms with Gasteiger partial charge in [0.25, 0.3) is 0 Å². The standard InChI is InChI=1S/C29H30N2O4/c1-17-10-11-21-22(12-17)31-28(20-15-25(33-2)29(35-4)26(16-20)34-3)27-23(30-21)13-19(14-24(27)32)18-8-6-5-7-9-18/h5-12,15-16,19,28,30-31H,13-14H2,1-4H3. The van der Waals surface area contributed by atoms with Crippen LogP contribution in [0.25, 0.3) is 0 Å². The van der Waals surface area contributed by atoms with Gasteiger partial charge in [-0.3, -0.25) is 4.79 Å². The number of allylic oxidation sites excluding steroid dienone is 1. The summed E-state index contributed by atoms with van der Waals surface area (Å²) in [4.78, 5) is 13.8. The van der Waals surface area contributed by atoms with E-state index in [-0.39, 0.29) is 17.7 Å². The van der Waals surface area contributed by atoms with Crippen LogP contribution in [0.1, 0.15) is 41.5 Å². The van der Waals surface area contributed by atoms with Gasteiger partial charge in [0, 0.05) is 17.7 Å². The normalized spacial score (nSPS) is 19.0. The fourth-order valence-electron chi connectivity index (χ4n) is 5.14. The molecule has 180 valence electrons. The van der Waals surface area contributed by atoms with E-state index in [2.05, 4.69) is 47.9 Å². The first-order valence-electron chi connectivity index (χ1n) is 11.8. The van der Waals surface area contributed by atoms with Crippen LogP contribution in [0.2, 0.25) is 0 Å². The van der Waals surface area contributed by atoms with Crippen LogP contribution in [-0.4, -0.2) is 27.1 Å². The predicted molar refractivity (Wildman–Crippen MR) is 138 cm³/mol. The predicted octanol–water partition coefficient (Wildman–Crippen LogP) is 6.00. The van der Waals surface area contributed by atoms with Gasteiger partial charge in [0.15, 0.2) is 17.3 Å². The minimum absolute atomic E-state index is 0.127. The quantitative estimate of drug-likeness (QED) is 0.477. The zero-order valence-corrected chi connectivity index (χ0v) is 20.5. The lowest BCUT2D eigenvalue weighted by molar-refractivity contribution is -0.116. The number of rotatable bonds is 5. The zero-order valence-electron chi connectivity index (χ0n) is 20.5. The molecule has 0 saturated heterocycles. The second-order valence-electron chi connectivity index (χ2n) is 9.04. The lowest BCUT2D eigenvalue weighted by atomic mass is 9.78. The number of hydrogen-bond donors (Lipinski definition) is 2. The van der Waals surface area contributed by atoms with E-state index >= 15 is 0 Å². The average Bonchev–Trinajstić information content (AvgIpc) is 3.04. The summed E-state index contributed by atoms with van der Waals surface area (Å²) in [7, 11) is 4.79. The maximum atomic E-state index is 13.8. The monoisotopic (exact) mass is 470 g/mol. The highest BCUT2D eigenvalue weighted by Crippen LogP contribution is 2.47. The summed E-state index contributed by atoms with van der Waals surface area (Å²) in [6.07, 6.45) is 1.21. The molecule has 0 fully saturated rings. The van der Waals surface area contributed by atoms with Crippen molar-refractivity contribution in [1.29, 1.82) is 0 Å². The number of benzene rings is 3. The van der Waals surface area contributed by atoms with Crippen LogP contribution in [0.5, 0.6) is 17.2 Å². The van der Waals surface area contributed by atoms with Crippen molar-refractivity contribution in [3.8, 4) is 17.2 Å². The van der Waals surface area contributed by atoms with E-state index < -0.39 is 0 Å². The number of nitrogens with one attached hydrogen (secondary N) is 2. The molecule has 2 atom stereocenters. The molecule has 2 aliphatic rings. The van der Waals surface area contributed by atoms with Crippen LogP contribution in [-0.2, 0) is 4.79 Å². The third-order valence-electron chi connectivity index (χ3n) is 6.85. The molecule has 6 heteroatoms. The number of Topliss-reactive ketones (excluding diaryl/α,β-unsaturated/α-hetero) is 1. The van der Waals surface area contributed by atoms with Gasteiger partial charge in [-0.1, -0.05) is 36.4 Å². The van der Waals surface area contributed by atoms with Crippen LogP contribution in [0, 0.1) is 6.92 Å². The van der Waals surface area contributed by atoms with Gasteiger partial charge in [0.2, 0.25) is 5.75 Å². The van der Waals surface area contributed by atoms with E-state index in [9.17, 15) is 4.79 Å². The van der Waals surface area contributed by atoms with Crippen molar-refractivity contribution in [3.05, 3.63) is 88.6 Å². The molecule has 0 bridgehead atoms. The van der Waals surface area contributed by atoms with Crippen LogP contribution in [0.4, 0.5) is 11.4 Å². The molecule has 0 radical (unpaired) electrons. The molecule has 1 aliphatic heterocycles. The van der Waals surface area contributed by atoms with E-state index in [1.54, 1.807) is 21.3 Å². The first-order chi connectivity index (χ1) is 17.0. The number of carbonyl (C=O) groups excluding carboxylic acids is 1. The minimum Gasteiger partial charge on any atom is -0.493 e. The van der Waals surface area contributed by atoms with Crippen molar-refractivity contribution in [1.82, 2.24) is 0 Å². The van der Waals surface area contributed by atoms with Gasteiger partial charge in [0.05, 0.1) is 38.7 Å². The molecule has 2 N–H and O–H groups in total. The van der Waals surface area contributed by atoms with Crippen LogP contribution >= 0.6 is 0 Å². The molecular weight excluding hydrogens is 440 g/mol. The third kappa shape index (κ3) is 4.20. The van der Waals surface area contributed by atoms with Crippen molar-refractivity contribution in [2.24, 2.45) is 0 Å². The SMILES string of the molecule is COc1cc(C2Nc3cc(C)ccc3NC3=C2C(=O)CC(c2ccccc2)C3)cc(OC)c1OC. The molecule has 0 spiro atoms. The summed E-state index contributed by atoms with van der Waals surface area (Å²) in [5, 5.41) is 7.26. The molecule has 1 aliphatic carbocycles. The number of anilines is 2. The maximum absolute atomic E-state index is 13.8. The summed E-state index contributed by atoms with van der Waals surface area (Å²) in [5.41, 5.74) is 6.79. The Hall–Kier alpha value is -3.93. The van der Waals surface area contributed by atoms with Gasteiger partial charge in [-0.15, -0.1) is 0 Å². The zero-order chi connectivity index (χ0) is 24.5. The highest BCUT2D eigenvalue weighted by atomic mass is 16.5. The van der Waals surface area contributed by atoms with Crippen molar-refractivity contribution in [2.75, 3.05) is 32.0 Å². The van der Waals surface area contributed by atoms with Gasteiger partial charge in [-0.05, 0) is 60.2 Å². The number of ketones is 1. The second-order valence-corrected chi connectivity index (χ2v) is 9.04. The molecule has 0 amide bonds. The van der Waals surface area contributed by atoms with Crippen molar-refractivity contribution >= 4 is 17.2 Å². The van der Waals surface area contributed by atoms with Gasteiger partial charge >= 0.3 is 0 Å². The Morgan fingerprint density at radius 3 is 2.17 bits per heavy atom. The topological polar surface area (TPSA) is 68.8 Å². The van der Waals surface area contributed by atoms with Crippen LogP contribution < -0.4 is 24.8 Å². The Kier molecular flexibility index (Phi) is 6.12. The lowest BCUT2D eigenvalue weighted by Crippen LogP contribution is -2.27. The minimum atomic E-state index is -0.376. The van der Waals surface area contributed by atoms with Gasteiger partial charge in [-0.2, -0.15) is 0 Å². The molecule has 35 heavy (non-hydrogen) atoms. The number of methoxy groups -OCH3 is 3. The molecule has 0 aromatic heterocycles. The van der Waals surface area contributed by atoms with E-state index in [0.717, 1.165) is 40.2 Å². The summed E-state index contributed by atoms with van der Waals surface area (Å²) >= 11 is 0. The summed E-state index contributed by atoms with van der Waals surface area (Å²) in [5.74, 6) is 1.89. The number of ether oxygens (including phenoxy) is 3. The molecule has 5 rings (SSSR count). The molecule has 3 aromatic carbocycles. The second kappa shape index (κ2) is 9.37. The molecule has 1 heterocycles. The molecule has 6 nitrogen and oxygen atoms in total. The first-order valence-corrected chi connectivity index (χ1v) is 11.8. The largest absolute Gasteiger partial charge is 0.493 e. The number of aryl methyl sites for hydroxylation is 1. The van der Waals surface area contributed by atoms with Crippen molar-refractivity contribution < 1.29 is 19.0 Å². The average molecular weight is 471 g/mol. The van der Waals surface area contributed by atoms with E-state index in [0.29, 0.717) is 23.7 Å². The Balaban J connectivity index is 1.67. The number of carbonyl (C=O) groups is 1. The molecule has 2 unspecified atom stereocenters.